The zero-order chi connectivity index (χ0) is 13.1. The van der Waals surface area contributed by atoms with Crippen LogP contribution in [0.5, 0.6) is 0 Å². The lowest BCUT2D eigenvalue weighted by Gasteiger charge is -2.11. The summed E-state index contributed by atoms with van der Waals surface area (Å²) in [5.74, 6) is -1.29. The fourth-order valence-electron chi connectivity index (χ4n) is 1.62. The molecule has 18 heavy (non-hydrogen) atoms. The number of hydrogen-bond donors (Lipinski definition) is 1. The minimum Gasteiger partial charge on any atom is -0.388 e. The number of rotatable bonds is 3. The molecule has 1 aromatic carbocycles. The van der Waals surface area contributed by atoms with Gasteiger partial charge < -0.3 is 5.11 Å². The zero-order valence-corrected chi connectivity index (χ0v) is 10.9. The van der Waals surface area contributed by atoms with Crippen molar-refractivity contribution in [2.24, 2.45) is 0 Å². The van der Waals surface area contributed by atoms with Gasteiger partial charge in [-0.1, -0.05) is 6.07 Å². The molecular weight excluding hydrogens is 304 g/mol. The first-order valence-electron chi connectivity index (χ1n) is 5.28. The number of nitrogens with zero attached hydrogens (tertiary/aromatic N) is 1. The van der Waals surface area contributed by atoms with E-state index in [1.54, 1.807) is 12.3 Å². The molecule has 2 nitrogen and oxygen atoms in total. The van der Waals surface area contributed by atoms with Crippen molar-refractivity contribution in [3.8, 4) is 0 Å². The fourth-order valence-corrected chi connectivity index (χ4v) is 2.01. The molecule has 2 aromatic rings. The van der Waals surface area contributed by atoms with Gasteiger partial charge in [0, 0.05) is 34.9 Å². The van der Waals surface area contributed by atoms with E-state index in [1.165, 1.54) is 18.3 Å². The molecule has 0 aliphatic carbocycles. The molecule has 0 aliphatic heterocycles. The summed E-state index contributed by atoms with van der Waals surface area (Å²) < 4.78 is 26.9. The number of aliphatic hydroxyl groups excluding tert-OH is 1. The van der Waals surface area contributed by atoms with Gasteiger partial charge in [-0.3, -0.25) is 4.98 Å². The largest absolute Gasteiger partial charge is 0.388 e. The molecule has 5 heteroatoms. The van der Waals surface area contributed by atoms with E-state index in [0.717, 1.165) is 10.5 Å². The van der Waals surface area contributed by atoms with Crippen LogP contribution >= 0.6 is 15.9 Å². The Labute approximate surface area is 111 Å². The summed E-state index contributed by atoms with van der Waals surface area (Å²) in [7, 11) is 0. The zero-order valence-electron chi connectivity index (χ0n) is 9.28. The summed E-state index contributed by atoms with van der Waals surface area (Å²) in [6.07, 6.45) is 2.30. The van der Waals surface area contributed by atoms with E-state index >= 15 is 0 Å². The second kappa shape index (κ2) is 5.54. The van der Waals surface area contributed by atoms with Crippen molar-refractivity contribution in [3.05, 3.63) is 63.9 Å². The number of aliphatic hydroxyl groups is 1. The van der Waals surface area contributed by atoms with Crippen molar-refractivity contribution >= 4 is 15.9 Å². The van der Waals surface area contributed by atoms with Crippen LogP contribution < -0.4 is 0 Å². The Morgan fingerprint density at radius 3 is 2.67 bits per heavy atom. The smallest absolute Gasteiger partial charge is 0.129 e. The van der Waals surface area contributed by atoms with Crippen molar-refractivity contribution < 1.29 is 13.9 Å². The Kier molecular flexibility index (Phi) is 4.04. The summed E-state index contributed by atoms with van der Waals surface area (Å²) in [4.78, 5) is 3.92. The van der Waals surface area contributed by atoms with Crippen LogP contribution in [-0.2, 0) is 6.42 Å². The van der Waals surface area contributed by atoms with Crippen LogP contribution in [0.15, 0.2) is 41.1 Å². The van der Waals surface area contributed by atoms with Gasteiger partial charge in [-0.25, -0.2) is 8.78 Å². The summed E-state index contributed by atoms with van der Waals surface area (Å²) in [6.45, 7) is 0. The van der Waals surface area contributed by atoms with Gasteiger partial charge in [-0.2, -0.15) is 0 Å². The lowest BCUT2D eigenvalue weighted by molar-refractivity contribution is 0.176. The predicted octanol–water partition coefficient (Wildman–Crippen LogP) is 3.40. The van der Waals surface area contributed by atoms with Gasteiger partial charge in [0.15, 0.2) is 0 Å². The van der Waals surface area contributed by atoms with Crippen LogP contribution in [0, 0.1) is 11.6 Å². The minimum absolute atomic E-state index is 0.0737. The van der Waals surface area contributed by atoms with E-state index in [0.29, 0.717) is 5.56 Å². The number of halogens is 3. The van der Waals surface area contributed by atoms with Crippen LogP contribution in [0.4, 0.5) is 8.78 Å². The van der Waals surface area contributed by atoms with Gasteiger partial charge in [0.25, 0.3) is 0 Å². The summed E-state index contributed by atoms with van der Waals surface area (Å²) in [5.41, 5.74) is 0.844. The van der Waals surface area contributed by atoms with Gasteiger partial charge in [0.05, 0.1) is 6.10 Å². The highest BCUT2D eigenvalue weighted by atomic mass is 79.9. The second-order valence-corrected chi connectivity index (χ2v) is 4.81. The predicted molar refractivity (Wildman–Crippen MR) is 67.0 cm³/mol. The second-order valence-electron chi connectivity index (χ2n) is 3.89. The molecule has 0 saturated heterocycles. The van der Waals surface area contributed by atoms with Gasteiger partial charge in [0.1, 0.15) is 11.6 Å². The Morgan fingerprint density at radius 2 is 2.00 bits per heavy atom. The van der Waals surface area contributed by atoms with Crippen molar-refractivity contribution in [1.29, 1.82) is 0 Å². The van der Waals surface area contributed by atoms with Crippen LogP contribution in [0.2, 0.25) is 0 Å². The van der Waals surface area contributed by atoms with E-state index in [2.05, 4.69) is 20.9 Å². The highest BCUT2D eigenvalue weighted by Crippen LogP contribution is 2.22. The Hall–Kier alpha value is -1.33. The maximum Gasteiger partial charge on any atom is 0.129 e. The molecule has 0 amide bonds. The third-order valence-corrected chi connectivity index (χ3v) is 2.97. The number of pyridine rings is 1. The molecule has 2 rings (SSSR count). The first-order valence-corrected chi connectivity index (χ1v) is 6.08. The van der Waals surface area contributed by atoms with E-state index in [1.807, 2.05) is 0 Å². The summed E-state index contributed by atoms with van der Waals surface area (Å²) >= 11 is 3.24. The first kappa shape index (κ1) is 13.1. The monoisotopic (exact) mass is 313 g/mol. The maximum absolute atomic E-state index is 13.4. The molecule has 0 radical (unpaired) electrons. The van der Waals surface area contributed by atoms with Crippen LogP contribution in [-0.4, -0.2) is 10.1 Å². The highest BCUT2D eigenvalue weighted by molar-refractivity contribution is 9.10. The van der Waals surface area contributed by atoms with Crippen LogP contribution in [0.1, 0.15) is 17.2 Å². The van der Waals surface area contributed by atoms with Gasteiger partial charge in [0.2, 0.25) is 0 Å². The first-order chi connectivity index (χ1) is 8.56. The quantitative estimate of drug-likeness (QED) is 0.942. The van der Waals surface area contributed by atoms with Gasteiger partial charge in [-0.05, 0) is 33.6 Å². The Bertz CT molecular complexity index is 562. The van der Waals surface area contributed by atoms with Gasteiger partial charge in [-0.15, -0.1) is 0 Å². The molecule has 0 aliphatic rings. The molecule has 1 unspecified atom stereocenters. The average Bonchev–Trinajstić information content (AvgIpc) is 2.32. The van der Waals surface area contributed by atoms with Gasteiger partial charge >= 0.3 is 0 Å². The fraction of sp³-hybridized carbons (Fsp3) is 0.154. The van der Waals surface area contributed by atoms with Crippen LogP contribution in [0.3, 0.4) is 0 Å². The SMILES string of the molecule is OC(Cc1ccc(F)cc1F)c1cncc(Br)c1. The lowest BCUT2D eigenvalue weighted by atomic mass is 10.0. The van der Waals surface area contributed by atoms with Crippen molar-refractivity contribution in [1.82, 2.24) is 4.98 Å². The number of hydrogen-bond acceptors (Lipinski definition) is 2. The topological polar surface area (TPSA) is 33.1 Å². The summed E-state index contributed by atoms with van der Waals surface area (Å²) in [6, 6.07) is 5.02. The van der Waals surface area contributed by atoms with Crippen molar-refractivity contribution in [3.63, 3.8) is 0 Å². The molecule has 94 valence electrons. The standard InChI is InChI=1S/C13H10BrF2NO/c14-10-3-9(6-17-7-10)13(18)4-8-1-2-11(15)5-12(8)16/h1-3,5-7,13,18H,4H2. The number of aromatic nitrogens is 1. The van der Waals surface area contributed by atoms with E-state index in [-0.39, 0.29) is 12.0 Å². The lowest BCUT2D eigenvalue weighted by Crippen LogP contribution is -2.04. The van der Waals surface area contributed by atoms with Crippen molar-refractivity contribution in [2.75, 3.05) is 0 Å². The normalized spacial score (nSPS) is 12.4. The molecule has 1 atom stereocenters. The molecule has 1 heterocycles. The third kappa shape index (κ3) is 3.11. The van der Waals surface area contributed by atoms with E-state index < -0.39 is 17.7 Å². The van der Waals surface area contributed by atoms with Crippen molar-refractivity contribution in [2.45, 2.75) is 12.5 Å². The third-order valence-electron chi connectivity index (χ3n) is 2.54. The molecule has 0 spiro atoms. The molecule has 0 saturated carbocycles. The van der Waals surface area contributed by atoms with E-state index in [9.17, 15) is 13.9 Å². The molecule has 0 bridgehead atoms. The molecule has 0 fully saturated rings. The Morgan fingerprint density at radius 1 is 1.22 bits per heavy atom. The highest BCUT2D eigenvalue weighted by Gasteiger charge is 2.12. The van der Waals surface area contributed by atoms with E-state index in [4.69, 9.17) is 0 Å². The molecular formula is C13H10BrF2NO. The van der Waals surface area contributed by atoms with Crippen LogP contribution in [0.25, 0.3) is 0 Å². The number of benzene rings is 1. The Balaban J connectivity index is 2.18. The maximum atomic E-state index is 13.4. The summed E-state index contributed by atoms with van der Waals surface area (Å²) in [5, 5.41) is 9.97. The average molecular weight is 314 g/mol. The molecule has 1 aromatic heterocycles. The molecule has 1 N–H and O–H groups in total. The minimum atomic E-state index is -0.880.